The van der Waals surface area contributed by atoms with Crippen LogP contribution in [0.3, 0.4) is 0 Å². The molecule has 0 spiro atoms. The number of imide groups is 1. The van der Waals surface area contributed by atoms with Crippen molar-refractivity contribution in [2.45, 2.75) is 33.6 Å². The van der Waals surface area contributed by atoms with Crippen LogP contribution in [0.15, 0.2) is 77.5 Å². The Bertz CT molecular complexity index is 1480. The first-order valence-electron chi connectivity index (χ1n) is 12.5. The number of esters is 1. The van der Waals surface area contributed by atoms with E-state index in [-0.39, 0.29) is 16.6 Å². The van der Waals surface area contributed by atoms with Gasteiger partial charge in [-0.25, -0.2) is 9.69 Å². The van der Waals surface area contributed by atoms with E-state index >= 15 is 0 Å². The lowest BCUT2D eigenvalue weighted by atomic mass is 10.1. The van der Waals surface area contributed by atoms with Gasteiger partial charge in [0, 0.05) is 16.9 Å². The number of unbranched alkanes of at least 4 members (excludes halogenated alkanes) is 1. The van der Waals surface area contributed by atoms with Crippen molar-refractivity contribution in [1.29, 1.82) is 0 Å². The van der Waals surface area contributed by atoms with Gasteiger partial charge in [-0.2, -0.15) is 0 Å². The monoisotopic (exact) mass is 545 g/mol. The average molecular weight is 546 g/mol. The Morgan fingerprint density at radius 3 is 2.36 bits per heavy atom. The second-order valence-corrected chi connectivity index (χ2v) is 9.53. The highest BCUT2D eigenvalue weighted by atomic mass is 35.5. The molecule has 0 aliphatic carbocycles. The molecule has 9 heteroatoms. The molecule has 0 bridgehead atoms. The van der Waals surface area contributed by atoms with E-state index in [1.54, 1.807) is 54.6 Å². The zero-order chi connectivity index (χ0) is 28.1. The summed E-state index contributed by atoms with van der Waals surface area (Å²) in [7, 11) is 0. The van der Waals surface area contributed by atoms with Crippen LogP contribution in [0.1, 0.15) is 51.6 Å². The first kappa shape index (κ1) is 27.6. The third-order valence-corrected chi connectivity index (χ3v) is 6.49. The minimum atomic E-state index is -0.606. The van der Waals surface area contributed by atoms with Gasteiger partial charge in [0.05, 0.1) is 17.9 Å². The molecule has 0 unspecified atom stereocenters. The van der Waals surface area contributed by atoms with Crippen molar-refractivity contribution in [3.8, 4) is 0 Å². The Kier molecular flexibility index (Phi) is 8.46. The SMILES string of the molecule is CCCCOC(=O)c1cccc(NC(=O)c2ccc(NC3=C(Cl)C(=O)N(c4cc(C)ccc4C)C3=O)cc2)c1. The molecule has 8 nitrogen and oxygen atoms in total. The smallest absolute Gasteiger partial charge is 0.338 e. The number of rotatable bonds is 9. The van der Waals surface area contributed by atoms with E-state index < -0.39 is 17.8 Å². The van der Waals surface area contributed by atoms with Crippen LogP contribution in [0.25, 0.3) is 0 Å². The summed E-state index contributed by atoms with van der Waals surface area (Å²) < 4.78 is 5.23. The molecule has 1 aliphatic rings. The third-order valence-electron chi connectivity index (χ3n) is 6.14. The van der Waals surface area contributed by atoms with Gasteiger partial charge in [0.2, 0.25) is 0 Å². The number of hydrogen-bond acceptors (Lipinski definition) is 6. The van der Waals surface area contributed by atoms with E-state index in [2.05, 4.69) is 10.6 Å². The molecule has 0 saturated heterocycles. The number of anilines is 3. The number of benzene rings is 3. The fourth-order valence-corrected chi connectivity index (χ4v) is 4.17. The van der Waals surface area contributed by atoms with Crippen molar-refractivity contribution in [2.24, 2.45) is 0 Å². The number of amides is 3. The van der Waals surface area contributed by atoms with Crippen LogP contribution in [0, 0.1) is 13.8 Å². The van der Waals surface area contributed by atoms with Crippen molar-refractivity contribution in [3.63, 3.8) is 0 Å². The maximum absolute atomic E-state index is 13.1. The maximum atomic E-state index is 13.1. The standard InChI is InChI=1S/C30H28ClN3O5/c1-4-5-15-39-30(38)21-7-6-8-23(17-21)33-27(35)20-11-13-22(14-12-20)32-26-25(31)28(36)34(29(26)37)24-16-18(2)9-10-19(24)3/h6-14,16-17,32H,4-5,15H2,1-3H3,(H,33,35). The first-order chi connectivity index (χ1) is 18.7. The number of carbonyl (C=O) groups excluding carboxylic acids is 4. The Morgan fingerprint density at radius 1 is 0.897 bits per heavy atom. The van der Waals surface area contributed by atoms with Crippen molar-refractivity contribution in [2.75, 3.05) is 22.1 Å². The predicted octanol–water partition coefficient (Wildman–Crippen LogP) is 5.95. The summed E-state index contributed by atoms with van der Waals surface area (Å²) in [5.74, 6) is -2.00. The van der Waals surface area contributed by atoms with Crippen LogP contribution in [0.2, 0.25) is 0 Å². The second kappa shape index (κ2) is 12.0. The largest absolute Gasteiger partial charge is 0.462 e. The first-order valence-corrected chi connectivity index (χ1v) is 12.9. The van der Waals surface area contributed by atoms with Gasteiger partial charge < -0.3 is 15.4 Å². The molecule has 1 heterocycles. The van der Waals surface area contributed by atoms with Gasteiger partial charge in [0.25, 0.3) is 17.7 Å². The minimum Gasteiger partial charge on any atom is -0.462 e. The lowest BCUT2D eigenvalue weighted by Crippen LogP contribution is -2.32. The third kappa shape index (κ3) is 6.18. The molecular weight excluding hydrogens is 518 g/mol. The van der Waals surface area contributed by atoms with Gasteiger partial charge in [-0.3, -0.25) is 14.4 Å². The highest BCUT2D eigenvalue weighted by Crippen LogP contribution is 2.32. The fraction of sp³-hybridized carbons (Fsp3) is 0.200. The molecule has 200 valence electrons. The Hall–Kier alpha value is -4.43. The number of carbonyl (C=O) groups is 4. The summed E-state index contributed by atoms with van der Waals surface area (Å²) in [6.45, 7) is 6.04. The van der Waals surface area contributed by atoms with Crippen LogP contribution < -0.4 is 15.5 Å². The molecule has 3 aromatic rings. The Labute approximate surface area is 231 Å². The molecule has 0 fully saturated rings. The van der Waals surface area contributed by atoms with Gasteiger partial charge in [-0.1, -0.05) is 43.1 Å². The molecule has 0 radical (unpaired) electrons. The van der Waals surface area contributed by atoms with Gasteiger partial charge in [0.15, 0.2) is 0 Å². The summed E-state index contributed by atoms with van der Waals surface area (Å²) in [6, 6.07) is 18.4. The normalized spacial score (nSPS) is 13.1. The van der Waals surface area contributed by atoms with Gasteiger partial charge in [-0.05, 0) is 79.9 Å². The van der Waals surface area contributed by atoms with E-state index in [1.807, 2.05) is 32.9 Å². The number of ether oxygens (including phenoxy) is 1. The van der Waals surface area contributed by atoms with E-state index in [4.69, 9.17) is 16.3 Å². The Morgan fingerprint density at radius 2 is 1.64 bits per heavy atom. The highest BCUT2D eigenvalue weighted by Gasteiger charge is 2.39. The van der Waals surface area contributed by atoms with Crippen LogP contribution in [-0.4, -0.2) is 30.3 Å². The molecule has 3 aromatic carbocycles. The molecule has 0 saturated carbocycles. The van der Waals surface area contributed by atoms with Crippen molar-refractivity contribution >= 4 is 52.4 Å². The molecule has 39 heavy (non-hydrogen) atoms. The summed E-state index contributed by atoms with van der Waals surface area (Å²) in [4.78, 5) is 52.0. The molecule has 0 atom stereocenters. The molecular formula is C30H28ClN3O5. The van der Waals surface area contributed by atoms with Crippen LogP contribution >= 0.6 is 11.6 Å². The van der Waals surface area contributed by atoms with Crippen molar-refractivity contribution in [1.82, 2.24) is 0 Å². The number of halogens is 1. The van der Waals surface area contributed by atoms with Gasteiger partial charge in [-0.15, -0.1) is 0 Å². The molecule has 3 amide bonds. The number of nitrogens with zero attached hydrogens (tertiary/aromatic N) is 1. The summed E-state index contributed by atoms with van der Waals surface area (Å²) in [5, 5.41) is 5.47. The summed E-state index contributed by atoms with van der Waals surface area (Å²) >= 11 is 6.26. The number of hydrogen-bond donors (Lipinski definition) is 2. The summed E-state index contributed by atoms with van der Waals surface area (Å²) in [5.41, 5.74) is 3.73. The van der Waals surface area contributed by atoms with Crippen molar-refractivity contribution < 1.29 is 23.9 Å². The number of aryl methyl sites for hydroxylation is 2. The van der Waals surface area contributed by atoms with Gasteiger partial charge >= 0.3 is 5.97 Å². The lowest BCUT2D eigenvalue weighted by molar-refractivity contribution is -0.120. The second-order valence-electron chi connectivity index (χ2n) is 9.15. The van der Waals surface area contributed by atoms with E-state index in [0.29, 0.717) is 34.8 Å². The number of nitrogens with one attached hydrogen (secondary N) is 2. The molecule has 0 aromatic heterocycles. The van der Waals surface area contributed by atoms with Crippen molar-refractivity contribution in [3.05, 3.63) is 99.7 Å². The Balaban J connectivity index is 1.43. The topological polar surface area (TPSA) is 105 Å². The average Bonchev–Trinajstić information content (AvgIpc) is 3.13. The predicted molar refractivity (Wildman–Crippen MR) is 151 cm³/mol. The van der Waals surface area contributed by atoms with E-state index in [1.165, 1.54) is 0 Å². The molecule has 2 N–H and O–H groups in total. The van der Waals surface area contributed by atoms with Crippen LogP contribution in [-0.2, 0) is 14.3 Å². The molecule has 1 aliphatic heterocycles. The lowest BCUT2D eigenvalue weighted by Gasteiger charge is -2.18. The minimum absolute atomic E-state index is 0.0394. The van der Waals surface area contributed by atoms with Crippen LogP contribution in [0.5, 0.6) is 0 Å². The van der Waals surface area contributed by atoms with Gasteiger partial charge in [0.1, 0.15) is 10.7 Å². The van der Waals surface area contributed by atoms with Crippen LogP contribution in [0.4, 0.5) is 17.1 Å². The van der Waals surface area contributed by atoms with E-state index in [9.17, 15) is 19.2 Å². The quantitative estimate of drug-likeness (QED) is 0.196. The summed E-state index contributed by atoms with van der Waals surface area (Å²) in [6.07, 6.45) is 1.70. The molecule has 4 rings (SSSR count). The zero-order valence-electron chi connectivity index (χ0n) is 21.8. The maximum Gasteiger partial charge on any atom is 0.338 e. The van der Waals surface area contributed by atoms with E-state index in [0.717, 1.165) is 28.9 Å². The highest BCUT2D eigenvalue weighted by molar-refractivity contribution is 6.53. The fourth-order valence-electron chi connectivity index (χ4n) is 3.96. The zero-order valence-corrected chi connectivity index (χ0v) is 22.6.